The Balaban J connectivity index is 2.96. The topological polar surface area (TPSA) is 115 Å². The van der Waals surface area contributed by atoms with Crippen molar-refractivity contribution in [2.45, 2.75) is 71.6 Å². The van der Waals surface area contributed by atoms with E-state index in [4.69, 9.17) is 0 Å². The van der Waals surface area contributed by atoms with Gasteiger partial charge in [0.25, 0.3) is 0 Å². The first-order chi connectivity index (χ1) is 13.9. The highest BCUT2D eigenvalue weighted by Crippen LogP contribution is 2.46. The molecule has 31 heavy (non-hydrogen) atoms. The molecule has 168 valence electrons. The van der Waals surface area contributed by atoms with Crippen molar-refractivity contribution in [1.29, 1.82) is 0 Å². The van der Waals surface area contributed by atoms with E-state index in [-0.39, 0.29) is 11.1 Å². The summed E-state index contributed by atoms with van der Waals surface area (Å²) in [5.74, 6) is -3.33. The number of benzene rings is 2. The molecule has 2 aromatic carbocycles. The third-order valence-corrected chi connectivity index (χ3v) is 5.76. The van der Waals surface area contributed by atoms with Crippen molar-refractivity contribution in [3.05, 3.63) is 57.6 Å². The lowest BCUT2D eigenvalue weighted by atomic mass is 9.72. The second-order valence-corrected chi connectivity index (χ2v) is 10.6. The van der Waals surface area contributed by atoms with Crippen LogP contribution in [0.15, 0.2) is 24.3 Å². The molecule has 4 N–H and O–H groups in total. The Morgan fingerprint density at radius 1 is 0.613 bits per heavy atom. The van der Waals surface area contributed by atoms with Crippen LogP contribution in [0.3, 0.4) is 0 Å². The molecule has 0 spiro atoms. The van der Waals surface area contributed by atoms with Gasteiger partial charge in [-0.25, -0.2) is 9.59 Å². The lowest BCUT2D eigenvalue weighted by Gasteiger charge is -2.32. The van der Waals surface area contributed by atoms with Crippen molar-refractivity contribution < 1.29 is 30.0 Å². The molecule has 0 radical (unpaired) electrons. The van der Waals surface area contributed by atoms with Crippen molar-refractivity contribution in [2.24, 2.45) is 0 Å². The molecule has 0 heterocycles. The Morgan fingerprint density at radius 3 is 1.13 bits per heavy atom. The number of aromatic carboxylic acids is 2. The van der Waals surface area contributed by atoms with Gasteiger partial charge in [0.1, 0.15) is 22.6 Å². The summed E-state index contributed by atoms with van der Waals surface area (Å²) in [6, 6.07) is 6.35. The van der Waals surface area contributed by atoms with Crippen LogP contribution in [-0.4, -0.2) is 32.4 Å². The van der Waals surface area contributed by atoms with E-state index in [0.29, 0.717) is 22.3 Å². The molecule has 0 bridgehead atoms. The van der Waals surface area contributed by atoms with E-state index in [1.54, 1.807) is 26.0 Å². The average molecular weight is 429 g/mol. The smallest absolute Gasteiger partial charge is 0.339 e. The number of carboxylic acids is 2. The number of carboxylic acid groups (broad SMARTS) is 2. The van der Waals surface area contributed by atoms with Gasteiger partial charge in [-0.05, 0) is 34.1 Å². The zero-order valence-electron chi connectivity index (χ0n) is 19.4. The molecular formula is C25H32O6. The van der Waals surface area contributed by atoms with Crippen LogP contribution >= 0.6 is 0 Å². The second-order valence-electron chi connectivity index (χ2n) is 10.6. The molecule has 0 fully saturated rings. The van der Waals surface area contributed by atoms with Gasteiger partial charge < -0.3 is 20.4 Å². The SMILES string of the molecule is CC(C)(C)c1cc(C(=O)O)c(O)c(C(C)(C)c2cc(C(C)(C)C)cc(C(=O)O)c2O)c1. The van der Waals surface area contributed by atoms with Gasteiger partial charge >= 0.3 is 11.9 Å². The summed E-state index contributed by atoms with van der Waals surface area (Å²) in [6.07, 6.45) is 0. The Hall–Kier alpha value is -3.02. The van der Waals surface area contributed by atoms with Gasteiger partial charge in [0.2, 0.25) is 0 Å². The quantitative estimate of drug-likeness (QED) is 0.517. The summed E-state index contributed by atoms with van der Waals surface area (Å²) < 4.78 is 0. The van der Waals surface area contributed by atoms with Crippen LogP contribution in [0.1, 0.15) is 98.4 Å². The lowest BCUT2D eigenvalue weighted by Crippen LogP contribution is -2.24. The molecule has 0 amide bonds. The van der Waals surface area contributed by atoms with E-state index in [1.807, 2.05) is 41.5 Å². The van der Waals surface area contributed by atoms with E-state index < -0.39 is 39.7 Å². The van der Waals surface area contributed by atoms with Crippen LogP contribution in [0.4, 0.5) is 0 Å². The van der Waals surface area contributed by atoms with Gasteiger partial charge in [0, 0.05) is 16.5 Å². The van der Waals surface area contributed by atoms with Crippen molar-refractivity contribution >= 4 is 11.9 Å². The normalized spacial score (nSPS) is 12.6. The predicted molar refractivity (Wildman–Crippen MR) is 120 cm³/mol. The summed E-state index contributed by atoms with van der Waals surface area (Å²) in [4.78, 5) is 23.7. The van der Waals surface area contributed by atoms with Gasteiger partial charge in [-0.15, -0.1) is 0 Å². The molecule has 0 aliphatic heterocycles. The van der Waals surface area contributed by atoms with Crippen molar-refractivity contribution in [1.82, 2.24) is 0 Å². The summed E-state index contributed by atoms with van der Waals surface area (Å²) in [6.45, 7) is 15.1. The molecule has 0 saturated heterocycles. The molecule has 6 heteroatoms. The molecule has 0 aromatic heterocycles. The van der Waals surface area contributed by atoms with Crippen LogP contribution in [0.2, 0.25) is 0 Å². The highest BCUT2D eigenvalue weighted by molar-refractivity contribution is 5.93. The molecule has 0 aliphatic carbocycles. The first-order valence-corrected chi connectivity index (χ1v) is 10.1. The van der Waals surface area contributed by atoms with Gasteiger partial charge in [0.05, 0.1) is 0 Å². The van der Waals surface area contributed by atoms with Crippen LogP contribution < -0.4 is 0 Å². The average Bonchev–Trinajstić information content (AvgIpc) is 2.59. The molecular weight excluding hydrogens is 396 g/mol. The van der Waals surface area contributed by atoms with E-state index in [2.05, 4.69) is 0 Å². The predicted octanol–water partition coefficient (Wildman–Crippen LogP) is 5.42. The maximum atomic E-state index is 11.8. The zero-order chi connectivity index (χ0) is 24.1. The third-order valence-electron chi connectivity index (χ3n) is 5.76. The van der Waals surface area contributed by atoms with Crippen LogP contribution in [0, 0.1) is 0 Å². The van der Waals surface area contributed by atoms with Gasteiger partial charge in [-0.2, -0.15) is 0 Å². The van der Waals surface area contributed by atoms with Crippen molar-refractivity contribution in [3.8, 4) is 11.5 Å². The Labute approximate surface area is 183 Å². The fourth-order valence-electron chi connectivity index (χ4n) is 3.56. The number of hydrogen-bond donors (Lipinski definition) is 4. The zero-order valence-corrected chi connectivity index (χ0v) is 19.4. The minimum absolute atomic E-state index is 0.236. The van der Waals surface area contributed by atoms with Crippen LogP contribution in [-0.2, 0) is 16.2 Å². The van der Waals surface area contributed by atoms with Crippen molar-refractivity contribution in [3.63, 3.8) is 0 Å². The first-order valence-electron chi connectivity index (χ1n) is 10.1. The van der Waals surface area contributed by atoms with Crippen LogP contribution in [0.5, 0.6) is 11.5 Å². The highest BCUT2D eigenvalue weighted by Gasteiger charge is 2.35. The summed E-state index contributed by atoms with van der Waals surface area (Å²) >= 11 is 0. The Kier molecular flexibility index (Phi) is 5.94. The lowest BCUT2D eigenvalue weighted by molar-refractivity contribution is 0.0682. The highest BCUT2D eigenvalue weighted by atomic mass is 16.4. The second kappa shape index (κ2) is 7.59. The molecule has 0 saturated carbocycles. The fourth-order valence-corrected chi connectivity index (χ4v) is 3.56. The largest absolute Gasteiger partial charge is 0.507 e. The number of hydrogen-bond acceptors (Lipinski definition) is 4. The van der Waals surface area contributed by atoms with Gasteiger partial charge in [-0.3, -0.25) is 0 Å². The Morgan fingerprint density at radius 2 is 0.903 bits per heavy atom. The number of rotatable bonds is 4. The van der Waals surface area contributed by atoms with E-state index in [1.165, 1.54) is 12.1 Å². The van der Waals surface area contributed by atoms with E-state index in [9.17, 15) is 30.0 Å². The molecule has 2 aromatic rings. The number of carbonyl (C=O) groups is 2. The third kappa shape index (κ3) is 4.53. The molecule has 0 aliphatic rings. The molecule has 0 unspecified atom stereocenters. The summed E-state index contributed by atoms with van der Waals surface area (Å²) in [5, 5.41) is 41.0. The minimum atomic E-state index is -1.26. The number of aromatic hydroxyl groups is 2. The fraction of sp³-hybridized carbons (Fsp3) is 0.440. The molecule has 6 nitrogen and oxygen atoms in total. The minimum Gasteiger partial charge on any atom is -0.507 e. The van der Waals surface area contributed by atoms with E-state index in [0.717, 1.165) is 0 Å². The molecule has 0 atom stereocenters. The van der Waals surface area contributed by atoms with Crippen molar-refractivity contribution in [2.75, 3.05) is 0 Å². The summed E-state index contributed by atoms with van der Waals surface area (Å²) in [5.41, 5.74) is -0.350. The monoisotopic (exact) mass is 428 g/mol. The van der Waals surface area contributed by atoms with Crippen LogP contribution in [0.25, 0.3) is 0 Å². The Bertz CT molecular complexity index is 966. The maximum Gasteiger partial charge on any atom is 0.339 e. The summed E-state index contributed by atoms with van der Waals surface area (Å²) in [7, 11) is 0. The van der Waals surface area contributed by atoms with Gasteiger partial charge in [-0.1, -0.05) is 67.5 Å². The standard InChI is InChI=1S/C25H32O6/c1-23(2,3)13-9-15(21(28)29)19(26)17(11-13)25(7,8)18-12-14(24(4,5)6)10-16(20(18)27)22(30)31/h9-12,26-27H,1-8H3,(H,28,29)(H,30,31). The van der Waals surface area contributed by atoms with Gasteiger partial charge in [0.15, 0.2) is 0 Å². The number of phenols is 2. The maximum absolute atomic E-state index is 11.8. The first kappa shape index (κ1) is 24.3. The molecule has 2 rings (SSSR count). The van der Waals surface area contributed by atoms with E-state index >= 15 is 0 Å².